The lowest BCUT2D eigenvalue weighted by molar-refractivity contribution is -0.159. The van der Waals surface area contributed by atoms with E-state index < -0.39 is 11.6 Å². The van der Waals surface area contributed by atoms with Gasteiger partial charge in [-0.25, -0.2) is 4.79 Å². The highest BCUT2D eigenvalue weighted by Gasteiger charge is 2.37. The smallest absolute Gasteiger partial charge is 0.329 e. The average Bonchev–Trinajstić information content (AvgIpc) is 2.74. The number of halogens is 1. The number of amides is 1. The molecule has 1 atom stereocenters. The summed E-state index contributed by atoms with van der Waals surface area (Å²) in [5.41, 5.74) is 0.430. The van der Waals surface area contributed by atoms with Gasteiger partial charge in [0.25, 0.3) is 5.91 Å². The molecule has 0 radical (unpaired) electrons. The number of carbonyl (C=O) groups is 2. The Labute approximate surface area is 124 Å². The molecule has 1 aromatic rings. The third-order valence-corrected chi connectivity index (χ3v) is 4.46. The summed E-state index contributed by atoms with van der Waals surface area (Å²) in [4.78, 5) is 26.5. The SMILES string of the molecule is C[C@H](C(=O)OC(C)(C)C)N1Cc2cc(Br)sc2C1=O. The number of esters is 1. The Bertz CT molecular complexity index is 532. The Hall–Kier alpha value is -0.880. The van der Waals surface area contributed by atoms with Crippen molar-refractivity contribution < 1.29 is 14.3 Å². The normalized spacial score (nSPS) is 16.5. The van der Waals surface area contributed by atoms with E-state index in [9.17, 15) is 9.59 Å². The molecule has 0 saturated carbocycles. The molecule has 4 nitrogen and oxygen atoms in total. The Morgan fingerprint density at radius 1 is 1.53 bits per heavy atom. The molecule has 2 rings (SSSR count). The zero-order valence-corrected chi connectivity index (χ0v) is 13.7. The first-order chi connectivity index (χ1) is 8.69. The van der Waals surface area contributed by atoms with E-state index in [1.54, 1.807) is 11.8 Å². The predicted molar refractivity (Wildman–Crippen MR) is 77.2 cm³/mol. The standard InChI is InChI=1S/C13H16BrNO3S/c1-7(12(17)18-13(2,3)4)15-6-8-5-9(14)19-10(8)11(15)16/h5,7H,6H2,1-4H3/t7-/m1/s1. The summed E-state index contributed by atoms with van der Waals surface area (Å²) in [5.74, 6) is -0.459. The van der Waals surface area contributed by atoms with E-state index in [4.69, 9.17) is 4.74 Å². The third-order valence-electron chi connectivity index (χ3n) is 2.79. The number of nitrogens with zero attached hydrogens (tertiary/aromatic N) is 1. The van der Waals surface area contributed by atoms with Crippen LogP contribution in [0.15, 0.2) is 9.85 Å². The first kappa shape index (κ1) is 14.5. The van der Waals surface area contributed by atoms with Crippen molar-refractivity contribution in [1.29, 1.82) is 0 Å². The zero-order valence-electron chi connectivity index (χ0n) is 11.3. The van der Waals surface area contributed by atoms with Gasteiger partial charge in [-0.2, -0.15) is 0 Å². The van der Waals surface area contributed by atoms with Gasteiger partial charge in [-0.15, -0.1) is 11.3 Å². The third kappa shape index (κ3) is 3.00. The van der Waals surface area contributed by atoms with Crippen molar-refractivity contribution >= 4 is 39.1 Å². The minimum Gasteiger partial charge on any atom is -0.458 e. The van der Waals surface area contributed by atoms with Crippen LogP contribution in [0.4, 0.5) is 0 Å². The molecule has 0 spiro atoms. The summed E-state index contributed by atoms with van der Waals surface area (Å²) in [6.45, 7) is 7.63. The lowest BCUT2D eigenvalue weighted by Gasteiger charge is -2.27. The van der Waals surface area contributed by atoms with Gasteiger partial charge in [-0.3, -0.25) is 4.79 Å². The van der Waals surface area contributed by atoms with Crippen molar-refractivity contribution in [3.05, 3.63) is 20.3 Å². The van der Waals surface area contributed by atoms with Gasteiger partial charge < -0.3 is 9.64 Å². The molecule has 0 aliphatic carbocycles. The maximum absolute atomic E-state index is 12.2. The van der Waals surface area contributed by atoms with Crippen molar-refractivity contribution in [2.24, 2.45) is 0 Å². The van der Waals surface area contributed by atoms with Gasteiger partial charge in [0.1, 0.15) is 11.6 Å². The number of thiophene rings is 1. The maximum atomic E-state index is 12.2. The van der Waals surface area contributed by atoms with E-state index >= 15 is 0 Å². The molecule has 6 heteroatoms. The fourth-order valence-corrected chi connectivity index (χ4v) is 3.52. The molecule has 104 valence electrons. The number of carbonyl (C=O) groups excluding carboxylic acids is 2. The van der Waals surface area contributed by atoms with Crippen molar-refractivity contribution in [3.63, 3.8) is 0 Å². The predicted octanol–water partition coefficient (Wildman–Crippen LogP) is 3.20. The fourth-order valence-electron chi connectivity index (χ4n) is 1.91. The molecule has 1 amide bonds. The van der Waals surface area contributed by atoms with Crippen LogP contribution in [0.2, 0.25) is 0 Å². The van der Waals surface area contributed by atoms with Crippen LogP contribution in [-0.4, -0.2) is 28.4 Å². The highest BCUT2D eigenvalue weighted by atomic mass is 79.9. The summed E-state index contributed by atoms with van der Waals surface area (Å²) in [6.07, 6.45) is 0. The van der Waals surface area contributed by atoms with Crippen LogP contribution in [-0.2, 0) is 16.1 Å². The fraction of sp³-hybridized carbons (Fsp3) is 0.538. The number of hydrogen-bond donors (Lipinski definition) is 0. The summed E-state index contributed by atoms with van der Waals surface area (Å²) in [5, 5.41) is 0. The monoisotopic (exact) mass is 345 g/mol. The highest BCUT2D eigenvalue weighted by Crippen LogP contribution is 2.35. The Balaban J connectivity index is 2.11. The number of rotatable bonds is 2. The molecule has 0 saturated heterocycles. The molecule has 1 aliphatic heterocycles. The molecule has 0 fully saturated rings. The van der Waals surface area contributed by atoms with Crippen molar-refractivity contribution in [2.75, 3.05) is 0 Å². The molecule has 0 aromatic carbocycles. The van der Waals surface area contributed by atoms with Crippen LogP contribution in [0.25, 0.3) is 0 Å². The van der Waals surface area contributed by atoms with Crippen molar-refractivity contribution in [3.8, 4) is 0 Å². The maximum Gasteiger partial charge on any atom is 0.329 e. The molecule has 0 unspecified atom stereocenters. The molecule has 1 aliphatic rings. The molecule has 0 bridgehead atoms. The van der Waals surface area contributed by atoms with Crippen molar-refractivity contribution in [1.82, 2.24) is 4.90 Å². The molecular weight excluding hydrogens is 330 g/mol. The van der Waals surface area contributed by atoms with E-state index in [0.717, 1.165) is 9.35 Å². The van der Waals surface area contributed by atoms with Gasteiger partial charge in [-0.1, -0.05) is 0 Å². The van der Waals surface area contributed by atoms with Crippen LogP contribution >= 0.6 is 27.3 Å². The largest absolute Gasteiger partial charge is 0.458 e. The second-order valence-electron chi connectivity index (χ2n) is 5.55. The lowest BCUT2D eigenvalue weighted by Crippen LogP contribution is -2.42. The van der Waals surface area contributed by atoms with E-state index in [-0.39, 0.29) is 11.9 Å². The average molecular weight is 346 g/mol. The van der Waals surface area contributed by atoms with E-state index in [1.165, 1.54) is 11.3 Å². The van der Waals surface area contributed by atoms with Gasteiger partial charge in [0.05, 0.1) is 8.66 Å². The minimum atomic E-state index is -0.565. The summed E-state index contributed by atoms with van der Waals surface area (Å²) < 4.78 is 6.26. The second-order valence-corrected chi connectivity index (χ2v) is 7.98. The lowest BCUT2D eigenvalue weighted by atomic mass is 10.2. The van der Waals surface area contributed by atoms with E-state index in [2.05, 4.69) is 15.9 Å². The Kier molecular flexibility index (Phi) is 3.75. The quantitative estimate of drug-likeness (QED) is 0.773. The second kappa shape index (κ2) is 4.90. The molecule has 19 heavy (non-hydrogen) atoms. The first-order valence-electron chi connectivity index (χ1n) is 6.01. The molecule has 0 N–H and O–H groups in total. The Morgan fingerprint density at radius 2 is 2.16 bits per heavy atom. The van der Waals surface area contributed by atoms with E-state index in [0.29, 0.717) is 11.4 Å². The van der Waals surface area contributed by atoms with Crippen LogP contribution in [0, 0.1) is 0 Å². The summed E-state index contributed by atoms with van der Waals surface area (Å²) in [6, 6.07) is 1.37. The van der Waals surface area contributed by atoms with Gasteiger partial charge >= 0.3 is 5.97 Å². The number of hydrogen-bond acceptors (Lipinski definition) is 4. The number of ether oxygens (including phenoxy) is 1. The summed E-state index contributed by atoms with van der Waals surface area (Å²) >= 11 is 4.77. The topological polar surface area (TPSA) is 46.6 Å². The van der Waals surface area contributed by atoms with Gasteiger partial charge in [0, 0.05) is 6.54 Å². The van der Waals surface area contributed by atoms with Crippen LogP contribution in [0.1, 0.15) is 42.9 Å². The van der Waals surface area contributed by atoms with Gasteiger partial charge in [-0.05, 0) is 55.3 Å². The summed E-state index contributed by atoms with van der Waals surface area (Å²) in [7, 11) is 0. The molecular formula is C13H16BrNO3S. The highest BCUT2D eigenvalue weighted by molar-refractivity contribution is 9.11. The minimum absolute atomic E-state index is 0.0935. The number of fused-ring (bicyclic) bond motifs is 1. The molecule has 1 aromatic heterocycles. The van der Waals surface area contributed by atoms with E-state index in [1.807, 2.05) is 26.8 Å². The first-order valence-corrected chi connectivity index (χ1v) is 7.62. The van der Waals surface area contributed by atoms with Crippen LogP contribution in [0.5, 0.6) is 0 Å². The zero-order chi connectivity index (χ0) is 14.4. The van der Waals surface area contributed by atoms with Crippen LogP contribution < -0.4 is 0 Å². The van der Waals surface area contributed by atoms with Gasteiger partial charge in [0.2, 0.25) is 0 Å². The van der Waals surface area contributed by atoms with Crippen molar-refractivity contribution in [2.45, 2.75) is 45.9 Å². The van der Waals surface area contributed by atoms with Crippen LogP contribution in [0.3, 0.4) is 0 Å². The van der Waals surface area contributed by atoms with Gasteiger partial charge in [0.15, 0.2) is 0 Å². The Morgan fingerprint density at radius 3 is 2.68 bits per heavy atom. The molecule has 2 heterocycles.